The highest BCUT2D eigenvalue weighted by Gasteiger charge is 2.43. The van der Waals surface area contributed by atoms with Crippen LogP contribution in [-0.2, 0) is 18.9 Å². The summed E-state index contributed by atoms with van der Waals surface area (Å²) in [6, 6.07) is 3.08. The Hall–Kier alpha value is -4.57. The van der Waals surface area contributed by atoms with Gasteiger partial charge in [0.1, 0.15) is 5.69 Å². The molecule has 4 fully saturated rings. The maximum absolute atomic E-state index is 14.3. The van der Waals surface area contributed by atoms with Crippen LogP contribution in [0.3, 0.4) is 0 Å². The van der Waals surface area contributed by atoms with Crippen LogP contribution in [0.25, 0.3) is 11.0 Å². The van der Waals surface area contributed by atoms with Crippen molar-refractivity contribution in [3.05, 3.63) is 67.1 Å². The van der Waals surface area contributed by atoms with Crippen molar-refractivity contribution in [2.75, 3.05) is 5.32 Å². The second-order valence-corrected chi connectivity index (χ2v) is 18.4. The molecule has 0 unspecified atom stereocenters. The lowest BCUT2D eigenvalue weighted by Crippen LogP contribution is -2.46. The van der Waals surface area contributed by atoms with Gasteiger partial charge in [0.25, 0.3) is 17.5 Å². The Kier molecular flexibility index (Phi) is 15.0. The lowest BCUT2D eigenvalue weighted by atomic mass is 9.92. The number of fused-ring (bicyclic) bond motifs is 1. The molecule has 0 bridgehead atoms. The molecule has 11 nitrogen and oxygen atoms in total. The van der Waals surface area contributed by atoms with E-state index >= 15 is 0 Å². The number of amides is 2. The maximum atomic E-state index is 14.3. The van der Waals surface area contributed by atoms with Gasteiger partial charge in [0.05, 0.1) is 38.2 Å². The predicted molar refractivity (Wildman–Crippen MR) is 230 cm³/mol. The third-order valence-electron chi connectivity index (χ3n) is 12.9. The van der Waals surface area contributed by atoms with E-state index in [1.165, 1.54) is 15.5 Å². The molecule has 348 valence electrons. The Labute approximate surface area is 364 Å². The molecule has 1 aromatic heterocycles. The summed E-state index contributed by atoms with van der Waals surface area (Å²) in [5.74, 6) is -1.37. The van der Waals surface area contributed by atoms with Crippen molar-refractivity contribution in [1.29, 1.82) is 0 Å². The average molecular weight is 893 g/mol. The van der Waals surface area contributed by atoms with Crippen LogP contribution >= 0.6 is 0 Å². The first kappa shape index (κ1) is 47.9. The molecule has 2 aromatic carbocycles. The van der Waals surface area contributed by atoms with Crippen LogP contribution in [0.4, 0.5) is 37.7 Å². The summed E-state index contributed by atoms with van der Waals surface area (Å²) in [5.41, 5.74) is -3.26. The van der Waals surface area contributed by atoms with Crippen molar-refractivity contribution in [3.63, 3.8) is 0 Å². The normalized spacial score (nSPS) is 17.8. The van der Waals surface area contributed by atoms with E-state index in [-0.39, 0.29) is 53.2 Å². The Morgan fingerprint density at radius 3 is 1.65 bits per heavy atom. The van der Waals surface area contributed by atoms with E-state index in [1.54, 1.807) is 23.3 Å². The van der Waals surface area contributed by atoms with Crippen molar-refractivity contribution in [1.82, 2.24) is 18.9 Å². The number of nitro groups is 1. The number of aromatic nitrogens is 2. The van der Waals surface area contributed by atoms with E-state index in [0.29, 0.717) is 17.6 Å². The first-order valence-corrected chi connectivity index (χ1v) is 22.9. The molecular formula is C46H62F6N6O5. The molecule has 1 heterocycles. The fourth-order valence-electron chi connectivity index (χ4n) is 9.51. The second-order valence-electron chi connectivity index (χ2n) is 18.4. The molecule has 3 aromatic rings. The van der Waals surface area contributed by atoms with E-state index in [0.717, 1.165) is 127 Å². The zero-order valence-corrected chi connectivity index (χ0v) is 37.0. The molecule has 0 aliphatic heterocycles. The highest BCUT2D eigenvalue weighted by molar-refractivity contribution is 6.00. The van der Waals surface area contributed by atoms with Gasteiger partial charge in [-0.15, -0.1) is 0 Å². The van der Waals surface area contributed by atoms with Crippen LogP contribution in [0.2, 0.25) is 0 Å². The summed E-state index contributed by atoms with van der Waals surface area (Å²) < 4.78 is 87.4. The number of benzene rings is 2. The van der Waals surface area contributed by atoms with Crippen LogP contribution in [0.5, 0.6) is 0 Å². The minimum atomic E-state index is -4.80. The van der Waals surface area contributed by atoms with Crippen molar-refractivity contribution >= 4 is 34.2 Å². The molecule has 17 heteroatoms. The summed E-state index contributed by atoms with van der Waals surface area (Å²) in [6.07, 6.45) is 5.28. The number of hydrogen-bond acceptors (Lipinski definition) is 6. The van der Waals surface area contributed by atoms with Gasteiger partial charge in [0.15, 0.2) is 0 Å². The van der Waals surface area contributed by atoms with Crippen molar-refractivity contribution < 1.29 is 40.9 Å². The molecule has 0 radical (unpaired) electrons. The van der Waals surface area contributed by atoms with Crippen molar-refractivity contribution in [3.8, 4) is 0 Å². The number of anilines is 1. The van der Waals surface area contributed by atoms with Gasteiger partial charge >= 0.3 is 18.0 Å². The zero-order valence-electron chi connectivity index (χ0n) is 37.0. The van der Waals surface area contributed by atoms with Gasteiger partial charge in [-0.2, -0.15) is 26.3 Å². The van der Waals surface area contributed by atoms with Gasteiger partial charge in [-0.05, 0) is 104 Å². The predicted octanol–water partition coefficient (Wildman–Crippen LogP) is 11.9. The maximum Gasteiger partial charge on any atom is 0.417 e. The molecule has 0 atom stereocenters. The standard InChI is InChI=1S/C26H36F3N3O2.C20H26F3N3O3/c1-4-5-9-14-30-22-15-20(24(33)31(17(2)3)18-10-7-6-8-11-18)21(26(27,28)29)16-23(22)32(25(30)34)19-12-13-19;1-12(2)25(14-6-4-3-5-7-14)19(27)15-10-18(26(28)29)17(24-13-8-9-13)11-16(15)20(21,22)23/h15-19H,4-14H2,1-3H3;10-14,24H,3-9H2,1-2H3. The number of aryl methyl sites for hydroxylation is 1. The lowest BCUT2D eigenvalue weighted by molar-refractivity contribution is -0.384. The van der Waals surface area contributed by atoms with Gasteiger partial charge < -0.3 is 15.1 Å². The Morgan fingerprint density at radius 1 is 0.730 bits per heavy atom. The van der Waals surface area contributed by atoms with Crippen LogP contribution in [0.1, 0.15) is 182 Å². The van der Waals surface area contributed by atoms with Crippen LogP contribution in [0.15, 0.2) is 29.1 Å². The number of imidazole rings is 1. The van der Waals surface area contributed by atoms with Gasteiger partial charge in [-0.25, -0.2) is 4.79 Å². The van der Waals surface area contributed by atoms with E-state index in [2.05, 4.69) is 12.2 Å². The van der Waals surface area contributed by atoms with Gasteiger partial charge in [0.2, 0.25) is 0 Å². The van der Waals surface area contributed by atoms with Crippen LogP contribution in [-0.4, -0.2) is 65.9 Å². The molecule has 4 saturated carbocycles. The summed E-state index contributed by atoms with van der Waals surface area (Å²) >= 11 is 0. The van der Waals surface area contributed by atoms with Crippen LogP contribution < -0.4 is 11.0 Å². The number of alkyl halides is 6. The Balaban J connectivity index is 0.000000213. The molecule has 7 rings (SSSR count). The molecule has 4 aliphatic rings. The highest BCUT2D eigenvalue weighted by atomic mass is 19.4. The Morgan fingerprint density at radius 2 is 1.22 bits per heavy atom. The van der Waals surface area contributed by atoms with Crippen molar-refractivity contribution in [2.24, 2.45) is 0 Å². The zero-order chi connectivity index (χ0) is 46.0. The van der Waals surface area contributed by atoms with Gasteiger partial charge in [0, 0.05) is 48.9 Å². The fourth-order valence-corrected chi connectivity index (χ4v) is 9.51. The minimum Gasteiger partial charge on any atom is -0.377 e. The first-order valence-electron chi connectivity index (χ1n) is 22.9. The number of halogens is 6. The van der Waals surface area contributed by atoms with E-state index in [1.807, 2.05) is 13.8 Å². The number of nitrogens with zero attached hydrogens (tertiary/aromatic N) is 5. The smallest absolute Gasteiger partial charge is 0.377 e. The van der Waals surface area contributed by atoms with Crippen LogP contribution in [0, 0.1) is 10.1 Å². The quantitative estimate of drug-likeness (QED) is 0.0744. The fraction of sp³-hybridized carbons (Fsp3) is 0.674. The number of carbonyl (C=O) groups is 2. The molecule has 2 amide bonds. The highest BCUT2D eigenvalue weighted by Crippen LogP contribution is 2.43. The second kappa shape index (κ2) is 19.7. The topological polar surface area (TPSA) is 123 Å². The largest absolute Gasteiger partial charge is 0.417 e. The molecule has 4 aliphatic carbocycles. The molecule has 0 saturated heterocycles. The van der Waals surface area contributed by atoms with Crippen molar-refractivity contribution in [2.45, 2.75) is 199 Å². The summed E-state index contributed by atoms with van der Waals surface area (Å²) in [6.45, 7) is 9.76. The number of hydrogen-bond donors (Lipinski definition) is 1. The number of unbranched alkanes of at least 4 members (excludes halogenated alkanes) is 2. The molecule has 0 spiro atoms. The number of nitro benzene ring substituents is 1. The first-order chi connectivity index (χ1) is 29.7. The average Bonchev–Trinajstić information content (AvgIpc) is 4.17. The summed E-state index contributed by atoms with van der Waals surface area (Å²) in [4.78, 5) is 54.1. The van der Waals surface area contributed by atoms with E-state index in [9.17, 15) is 50.8 Å². The number of rotatable bonds is 14. The molecular weight excluding hydrogens is 831 g/mol. The monoisotopic (exact) mass is 892 g/mol. The van der Waals surface area contributed by atoms with E-state index in [4.69, 9.17) is 0 Å². The summed E-state index contributed by atoms with van der Waals surface area (Å²) in [5, 5.41) is 14.3. The summed E-state index contributed by atoms with van der Waals surface area (Å²) in [7, 11) is 0. The van der Waals surface area contributed by atoms with E-state index < -0.39 is 51.5 Å². The van der Waals surface area contributed by atoms with Gasteiger partial charge in [-0.1, -0.05) is 58.3 Å². The minimum absolute atomic E-state index is 0.0548. The van der Waals surface area contributed by atoms with Gasteiger partial charge in [-0.3, -0.25) is 28.8 Å². The SMILES string of the molecule is CC(C)N(C(=O)c1cc([N+](=O)[O-])c(NC2CC2)cc1C(F)(F)F)C1CCCCC1.CCCCCn1c(=O)n(C2CC2)c2cc(C(F)(F)F)c(C(=O)N(C(C)C)C3CCCCC3)cc21. The molecule has 1 N–H and O–H groups in total. The third-order valence-corrected chi connectivity index (χ3v) is 12.9. The number of carbonyl (C=O) groups excluding carboxylic acids is 2. The number of nitrogens with one attached hydrogen (secondary N) is 1. The lowest BCUT2D eigenvalue weighted by Gasteiger charge is -2.38. The molecule has 63 heavy (non-hydrogen) atoms. The third kappa shape index (κ3) is 11.0. The Bertz CT molecular complexity index is 2180.